The first-order valence-electron chi connectivity index (χ1n) is 5.93. The standard InChI is InChI=1S/C13H18FNO2/c1-9(15)6-10-2-3-13(12(14)7-10)17-11-4-5-16-8-11/h2-3,7,9,11H,4-6,8,15H2,1H3. The van der Waals surface area contributed by atoms with Crippen molar-refractivity contribution in [3.63, 3.8) is 0 Å². The first kappa shape index (κ1) is 12.3. The Labute approximate surface area is 101 Å². The average molecular weight is 239 g/mol. The van der Waals surface area contributed by atoms with Gasteiger partial charge in [0.2, 0.25) is 0 Å². The maximum atomic E-state index is 13.7. The van der Waals surface area contributed by atoms with Crippen molar-refractivity contribution in [1.29, 1.82) is 0 Å². The molecule has 17 heavy (non-hydrogen) atoms. The van der Waals surface area contributed by atoms with Gasteiger partial charge in [0.05, 0.1) is 13.2 Å². The summed E-state index contributed by atoms with van der Waals surface area (Å²) in [6.45, 7) is 3.13. The van der Waals surface area contributed by atoms with Gasteiger partial charge in [0.15, 0.2) is 11.6 Å². The van der Waals surface area contributed by atoms with Crippen molar-refractivity contribution < 1.29 is 13.9 Å². The van der Waals surface area contributed by atoms with Gasteiger partial charge in [-0.25, -0.2) is 4.39 Å². The largest absolute Gasteiger partial charge is 0.485 e. The molecule has 1 aliphatic rings. The number of benzene rings is 1. The van der Waals surface area contributed by atoms with Gasteiger partial charge >= 0.3 is 0 Å². The highest BCUT2D eigenvalue weighted by Crippen LogP contribution is 2.22. The van der Waals surface area contributed by atoms with E-state index in [0.717, 1.165) is 12.0 Å². The van der Waals surface area contributed by atoms with Gasteiger partial charge in [-0.15, -0.1) is 0 Å². The number of hydrogen-bond acceptors (Lipinski definition) is 3. The smallest absolute Gasteiger partial charge is 0.165 e. The maximum Gasteiger partial charge on any atom is 0.165 e. The van der Waals surface area contributed by atoms with Crippen LogP contribution in [-0.4, -0.2) is 25.4 Å². The van der Waals surface area contributed by atoms with E-state index in [1.54, 1.807) is 6.07 Å². The summed E-state index contributed by atoms with van der Waals surface area (Å²) in [5.74, 6) is -0.0241. The number of hydrogen-bond donors (Lipinski definition) is 1. The van der Waals surface area contributed by atoms with Crippen LogP contribution in [0.4, 0.5) is 4.39 Å². The highest BCUT2D eigenvalue weighted by Gasteiger charge is 2.18. The first-order chi connectivity index (χ1) is 8.15. The fourth-order valence-corrected chi connectivity index (χ4v) is 1.92. The molecule has 1 aromatic carbocycles. The predicted molar refractivity (Wildman–Crippen MR) is 63.6 cm³/mol. The summed E-state index contributed by atoms with van der Waals surface area (Å²) in [6.07, 6.45) is 1.47. The first-order valence-corrected chi connectivity index (χ1v) is 5.93. The zero-order valence-electron chi connectivity index (χ0n) is 9.99. The van der Waals surface area contributed by atoms with Crippen LogP contribution in [0.5, 0.6) is 5.75 Å². The minimum Gasteiger partial charge on any atom is -0.485 e. The van der Waals surface area contributed by atoms with Crippen molar-refractivity contribution in [3.8, 4) is 5.75 Å². The summed E-state index contributed by atoms with van der Waals surface area (Å²) in [7, 11) is 0. The van der Waals surface area contributed by atoms with Gasteiger partial charge < -0.3 is 15.2 Å². The summed E-state index contributed by atoms with van der Waals surface area (Å²) in [5, 5.41) is 0. The molecule has 1 fully saturated rings. The molecule has 0 aromatic heterocycles. The van der Waals surface area contributed by atoms with Crippen LogP contribution in [0.25, 0.3) is 0 Å². The third kappa shape index (κ3) is 3.41. The molecule has 2 atom stereocenters. The number of nitrogens with two attached hydrogens (primary N) is 1. The highest BCUT2D eigenvalue weighted by atomic mass is 19.1. The van der Waals surface area contributed by atoms with E-state index in [1.807, 2.05) is 13.0 Å². The van der Waals surface area contributed by atoms with E-state index in [1.165, 1.54) is 6.07 Å². The normalized spacial score (nSPS) is 21.5. The van der Waals surface area contributed by atoms with Crippen LogP contribution in [0, 0.1) is 5.82 Å². The summed E-state index contributed by atoms with van der Waals surface area (Å²) in [4.78, 5) is 0. The van der Waals surface area contributed by atoms with Gasteiger partial charge in [0, 0.05) is 12.5 Å². The lowest BCUT2D eigenvalue weighted by molar-refractivity contribution is 0.138. The molecule has 0 bridgehead atoms. The molecule has 3 nitrogen and oxygen atoms in total. The number of rotatable bonds is 4. The molecular formula is C13H18FNO2. The third-order valence-electron chi connectivity index (χ3n) is 2.74. The van der Waals surface area contributed by atoms with Crippen molar-refractivity contribution in [2.24, 2.45) is 5.73 Å². The van der Waals surface area contributed by atoms with E-state index in [9.17, 15) is 4.39 Å². The molecule has 2 unspecified atom stereocenters. The van der Waals surface area contributed by atoms with Gasteiger partial charge in [-0.1, -0.05) is 6.07 Å². The van der Waals surface area contributed by atoms with Crippen LogP contribution in [0.2, 0.25) is 0 Å². The van der Waals surface area contributed by atoms with Crippen LogP contribution in [0.1, 0.15) is 18.9 Å². The number of halogens is 1. The van der Waals surface area contributed by atoms with E-state index in [2.05, 4.69) is 0 Å². The Kier molecular flexibility index (Phi) is 3.97. The topological polar surface area (TPSA) is 44.5 Å². The summed E-state index contributed by atoms with van der Waals surface area (Å²) >= 11 is 0. The maximum absolute atomic E-state index is 13.7. The fraction of sp³-hybridized carbons (Fsp3) is 0.538. The monoisotopic (exact) mass is 239 g/mol. The van der Waals surface area contributed by atoms with Gasteiger partial charge in [-0.3, -0.25) is 0 Å². The molecule has 4 heteroatoms. The summed E-state index contributed by atoms with van der Waals surface area (Å²) in [6, 6.07) is 5.06. The molecule has 1 saturated heterocycles. The molecule has 1 heterocycles. The van der Waals surface area contributed by atoms with E-state index < -0.39 is 0 Å². The lowest BCUT2D eigenvalue weighted by Gasteiger charge is -2.13. The van der Waals surface area contributed by atoms with E-state index in [0.29, 0.717) is 25.4 Å². The SMILES string of the molecule is CC(N)Cc1ccc(OC2CCOC2)c(F)c1. The van der Waals surface area contributed by atoms with Crippen LogP contribution in [0.3, 0.4) is 0 Å². The molecular weight excluding hydrogens is 221 g/mol. The molecule has 94 valence electrons. The fourth-order valence-electron chi connectivity index (χ4n) is 1.92. The van der Waals surface area contributed by atoms with Crippen LogP contribution >= 0.6 is 0 Å². The second kappa shape index (κ2) is 5.47. The van der Waals surface area contributed by atoms with Crippen molar-refractivity contribution in [3.05, 3.63) is 29.6 Å². The van der Waals surface area contributed by atoms with Crippen LogP contribution in [0.15, 0.2) is 18.2 Å². The molecule has 0 radical (unpaired) electrons. The molecule has 0 saturated carbocycles. The number of ether oxygens (including phenoxy) is 2. The summed E-state index contributed by atoms with van der Waals surface area (Å²) in [5.41, 5.74) is 6.57. The van der Waals surface area contributed by atoms with Crippen molar-refractivity contribution in [2.75, 3.05) is 13.2 Å². The molecule has 2 rings (SSSR count). The zero-order valence-corrected chi connectivity index (χ0v) is 9.99. The Morgan fingerprint density at radius 1 is 1.59 bits per heavy atom. The molecule has 2 N–H and O–H groups in total. The van der Waals surface area contributed by atoms with Gasteiger partial charge in [0.1, 0.15) is 6.10 Å². The van der Waals surface area contributed by atoms with E-state index in [-0.39, 0.29) is 18.0 Å². The Bertz CT molecular complexity index is 376. The van der Waals surface area contributed by atoms with Crippen LogP contribution in [-0.2, 0) is 11.2 Å². The van der Waals surface area contributed by atoms with Gasteiger partial charge in [0.25, 0.3) is 0 Å². The van der Waals surface area contributed by atoms with Gasteiger partial charge in [-0.05, 0) is 31.0 Å². The molecule has 0 aliphatic carbocycles. The minimum absolute atomic E-state index is 0.0243. The quantitative estimate of drug-likeness (QED) is 0.872. The Hall–Kier alpha value is -1.13. The van der Waals surface area contributed by atoms with Crippen molar-refractivity contribution >= 4 is 0 Å². The Morgan fingerprint density at radius 2 is 2.41 bits per heavy atom. The van der Waals surface area contributed by atoms with Gasteiger partial charge in [-0.2, -0.15) is 0 Å². The Balaban J connectivity index is 2.03. The van der Waals surface area contributed by atoms with Crippen LogP contribution < -0.4 is 10.5 Å². The van der Waals surface area contributed by atoms with E-state index >= 15 is 0 Å². The van der Waals surface area contributed by atoms with E-state index in [4.69, 9.17) is 15.2 Å². The second-order valence-corrected chi connectivity index (χ2v) is 4.55. The molecule has 0 amide bonds. The molecule has 0 spiro atoms. The Morgan fingerprint density at radius 3 is 3.00 bits per heavy atom. The van der Waals surface area contributed by atoms with Crippen molar-refractivity contribution in [1.82, 2.24) is 0 Å². The zero-order chi connectivity index (χ0) is 12.3. The highest BCUT2D eigenvalue weighted by molar-refractivity contribution is 5.30. The predicted octanol–water partition coefficient (Wildman–Crippen LogP) is 1.88. The summed E-state index contributed by atoms with van der Waals surface area (Å²) < 4.78 is 24.5. The lowest BCUT2D eigenvalue weighted by Crippen LogP contribution is -2.18. The average Bonchev–Trinajstić information content (AvgIpc) is 2.74. The lowest BCUT2D eigenvalue weighted by atomic mass is 10.1. The molecule has 1 aromatic rings. The minimum atomic E-state index is -0.324. The van der Waals surface area contributed by atoms with Crippen molar-refractivity contribution in [2.45, 2.75) is 31.9 Å². The second-order valence-electron chi connectivity index (χ2n) is 4.55. The molecule has 1 aliphatic heterocycles. The third-order valence-corrected chi connectivity index (χ3v) is 2.74.